The maximum absolute atomic E-state index is 4.68. The zero-order chi connectivity index (χ0) is 18.5. The van der Waals surface area contributed by atoms with E-state index in [0.29, 0.717) is 12.6 Å². The Morgan fingerprint density at radius 2 is 1.96 bits per heavy atom. The van der Waals surface area contributed by atoms with Gasteiger partial charge in [-0.3, -0.25) is 0 Å². The van der Waals surface area contributed by atoms with E-state index in [1.807, 2.05) is 18.5 Å². The monoisotopic (exact) mass is 483 g/mol. The van der Waals surface area contributed by atoms with Crippen LogP contribution in [0.15, 0.2) is 29.3 Å². The molecule has 8 heteroatoms. The number of hydrogen-bond donors (Lipinski definition) is 2. The van der Waals surface area contributed by atoms with Crippen LogP contribution in [-0.2, 0) is 13.6 Å². The highest BCUT2D eigenvalue weighted by Crippen LogP contribution is 2.20. The van der Waals surface area contributed by atoms with Crippen LogP contribution in [-0.4, -0.2) is 46.4 Å². The van der Waals surface area contributed by atoms with Gasteiger partial charge in [-0.05, 0) is 39.3 Å². The SMILES string of the molecule is CCNC(=NCc1nnc(C)n1C)NC1CCN(c2ccc(C)cc2)C1.I. The number of aryl methyl sites for hydroxylation is 2. The maximum atomic E-state index is 4.68. The number of aromatic nitrogens is 3. The first-order valence-electron chi connectivity index (χ1n) is 9.28. The van der Waals surface area contributed by atoms with Gasteiger partial charge in [-0.2, -0.15) is 0 Å². The molecule has 1 unspecified atom stereocenters. The highest BCUT2D eigenvalue weighted by Gasteiger charge is 2.23. The fourth-order valence-corrected chi connectivity index (χ4v) is 3.12. The van der Waals surface area contributed by atoms with Crippen LogP contribution in [0.5, 0.6) is 0 Å². The average molecular weight is 483 g/mol. The summed E-state index contributed by atoms with van der Waals surface area (Å²) in [6, 6.07) is 9.13. The van der Waals surface area contributed by atoms with Crippen molar-refractivity contribution in [3.05, 3.63) is 41.5 Å². The van der Waals surface area contributed by atoms with Gasteiger partial charge in [-0.1, -0.05) is 17.7 Å². The van der Waals surface area contributed by atoms with Crippen molar-refractivity contribution in [2.75, 3.05) is 24.5 Å². The van der Waals surface area contributed by atoms with E-state index in [1.165, 1.54) is 11.3 Å². The lowest BCUT2D eigenvalue weighted by Gasteiger charge is -2.20. The van der Waals surface area contributed by atoms with Crippen molar-refractivity contribution in [3.63, 3.8) is 0 Å². The number of guanidine groups is 1. The minimum Gasteiger partial charge on any atom is -0.369 e. The summed E-state index contributed by atoms with van der Waals surface area (Å²) in [5, 5.41) is 15.2. The van der Waals surface area contributed by atoms with Crippen LogP contribution in [0.2, 0.25) is 0 Å². The fourth-order valence-electron chi connectivity index (χ4n) is 3.12. The first-order valence-corrected chi connectivity index (χ1v) is 9.28. The summed E-state index contributed by atoms with van der Waals surface area (Å²) < 4.78 is 1.97. The molecule has 2 aromatic rings. The highest BCUT2D eigenvalue weighted by molar-refractivity contribution is 14.0. The van der Waals surface area contributed by atoms with Gasteiger partial charge in [0.05, 0.1) is 0 Å². The van der Waals surface area contributed by atoms with Crippen molar-refractivity contribution in [1.82, 2.24) is 25.4 Å². The van der Waals surface area contributed by atoms with Gasteiger partial charge in [0.15, 0.2) is 11.8 Å². The van der Waals surface area contributed by atoms with E-state index in [2.05, 4.69) is 68.8 Å². The number of halogens is 1. The van der Waals surface area contributed by atoms with Gasteiger partial charge in [-0.25, -0.2) is 4.99 Å². The minimum absolute atomic E-state index is 0. The van der Waals surface area contributed by atoms with E-state index in [-0.39, 0.29) is 24.0 Å². The Balaban J connectivity index is 0.00000261. The lowest BCUT2D eigenvalue weighted by atomic mass is 10.2. The molecule has 1 aromatic carbocycles. The topological polar surface area (TPSA) is 70.4 Å². The van der Waals surface area contributed by atoms with Gasteiger partial charge in [-0.15, -0.1) is 34.2 Å². The van der Waals surface area contributed by atoms with Gasteiger partial charge >= 0.3 is 0 Å². The fraction of sp³-hybridized carbons (Fsp3) is 0.526. The molecule has 1 atom stereocenters. The average Bonchev–Trinajstić information content (AvgIpc) is 3.22. The molecule has 1 aliphatic heterocycles. The van der Waals surface area contributed by atoms with E-state index in [4.69, 9.17) is 0 Å². The first kappa shape index (κ1) is 21.5. The van der Waals surface area contributed by atoms with E-state index in [0.717, 1.165) is 43.7 Å². The Kier molecular flexibility index (Phi) is 7.88. The normalized spacial score (nSPS) is 17.0. The number of benzene rings is 1. The summed E-state index contributed by atoms with van der Waals surface area (Å²) in [7, 11) is 1.97. The highest BCUT2D eigenvalue weighted by atomic mass is 127. The number of rotatable bonds is 5. The van der Waals surface area contributed by atoms with Crippen LogP contribution in [0, 0.1) is 13.8 Å². The van der Waals surface area contributed by atoms with Crippen LogP contribution in [0.4, 0.5) is 5.69 Å². The molecule has 0 bridgehead atoms. The molecule has 2 heterocycles. The summed E-state index contributed by atoms with van der Waals surface area (Å²) in [6.45, 7) is 9.53. The first-order chi connectivity index (χ1) is 12.6. The predicted molar refractivity (Wildman–Crippen MR) is 121 cm³/mol. The van der Waals surface area contributed by atoms with Crippen LogP contribution in [0.25, 0.3) is 0 Å². The molecule has 0 aliphatic carbocycles. The molecule has 1 fully saturated rings. The van der Waals surface area contributed by atoms with E-state index >= 15 is 0 Å². The summed E-state index contributed by atoms with van der Waals surface area (Å²) in [5.74, 6) is 2.61. The molecule has 0 spiro atoms. The van der Waals surface area contributed by atoms with E-state index in [1.54, 1.807) is 0 Å². The third kappa shape index (κ3) is 5.57. The van der Waals surface area contributed by atoms with Crippen molar-refractivity contribution >= 4 is 35.6 Å². The number of hydrogen-bond acceptors (Lipinski definition) is 4. The van der Waals surface area contributed by atoms with Crippen molar-refractivity contribution in [3.8, 4) is 0 Å². The largest absolute Gasteiger partial charge is 0.369 e. The molecule has 2 N–H and O–H groups in total. The van der Waals surface area contributed by atoms with Crippen LogP contribution in [0.3, 0.4) is 0 Å². The van der Waals surface area contributed by atoms with E-state index < -0.39 is 0 Å². The zero-order valence-corrected chi connectivity index (χ0v) is 18.9. The Hall–Kier alpha value is -1.84. The summed E-state index contributed by atoms with van der Waals surface area (Å²) >= 11 is 0. The lowest BCUT2D eigenvalue weighted by molar-refractivity contribution is 0.646. The summed E-state index contributed by atoms with van der Waals surface area (Å²) in [5.41, 5.74) is 2.58. The van der Waals surface area contributed by atoms with Crippen LogP contribution < -0.4 is 15.5 Å². The third-order valence-corrected chi connectivity index (χ3v) is 4.83. The van der Waals surface area contributed by atoms with Crippen molar-refractivity contribution < 1.29 is 0 Å². The molecule has 7 nitrogen and oxygen atoms in total. The van der Waals surface area contributed by atoms with Gasteiger partial charge in [0, 0.05) is 38.4 Å². The number of nitrogens with one attached hydrogen (secondary N) is 2. The lowest BCUT2D eigenvalue weighted by Crippen LogP contribution is -2.44. The second-order valence-electron chi connectivity index (χ2n) is 6.83. The minimum atomic E-state index is 0. The Morgan fingerprint density at radius 1 is 1.22 bits per heavy atom. The van der Waals surface area contributed by atoms with Crippen LogP contribution in [0.1, 0.15) is 30.6 Å². The Morgan fingerprint density at radius 3 is 2.59 bits per heavy atom. The molecule has 148 valence electrons. The molecule has 1 aliphatic rings. The predicted octanol–water partition coefficient (Wildman–Crippen LogP) is 2.38. The molecular weight excluding hydrogens is 453 g/mol. The molecule has 0 radical (unpaired) electrons. The molecule has 0 saturated carbocycles. The van der Waals surface area contributed by atoms with Crippen LogP contribution >= 0.6 is 24.0 Å². The Bertz CT molecular complexity index is 754. The second-order valence-corrected chi connectivity index (χ2v) is 6.83. The third-order valence-electron chi connectivity index (χ3n) is 4.83. The standard InChI is InChI=1S/C19H29N7.HI/c1-5-20-19(21-12-18-24-23-15(3)25(18)4)22-16-10-11-26(13-16)17-8-6-14(2)7-9-17;/h6-9,16H,5,10-13H2,1-4H3,(H2,20,21,22);1H. The van der Waals surface area contributed by atoms with Gasteiger partial charge < -0.3 is 20.1 Å². The summed E-state index contributed by atoms with van der Waals surface area (Å²) in [6.07, 6.45) is 1.10. The van der Waals surface area contributed by atoms with Gasteiger partial charge in [0.25, 0.3) is 0 Å². The quantitative estimate of drug-likeness (QED) is 0.389. The molecule has 3 rings (SSSR count). The van der Waals surface area contributed by atoms with Crippen molar-refractivity contribution in [1.29, 1.82) is 0 Å². The molecule has 27 heavy (non-hydrogen) atoms. The van der Waals surface area contributed by atoms with E-state index in [9.17, 15) is 0 Å². The second kappa shape index (κ2) is 9.91. The molecule has 1 aromatic heterocycles. The number of nitrogens with zero attached hydrogens (tertiary/aromatic N) is 5. The molecule has 0 amide bonds. The maximum Gasteiger partial charge on any atom is 0.191 e. The van der Waals surface area contributed by atoms with Gasteiger partial charge in [0.1, 0.15) is 12.4 Å². The van der Waals surface area contributed by atoms with Gasteiger partial charge in [0.2, 0.25) is 0 Å². The zero-order valence-electron chi connectivity index (χ0n) is 16.6. The van der Waals surface area contributed by atoms with Crippen molar-refractivity contribution in [2.24, 2.45) is 12.0 Å². The molecule has 1 saturated heterocycles. The smallest absolute Gasteiger partial charge is 0.191 e. The van der Waals surface area contributed by atoms with Crippen molar-refractivity contribution in [2.45, 2.75) is 39.8 Å². The summed E-state index contributed by atoms with van der Waals surface area (Å²) in [4.78, 5) is 7.11. The number of anilines is 1. The Labute approximate surface area is 178 Å². The molecular formula is C19H30IN7. The number of aliphatic imine (C=N–C) groups is 1.